The fraction of sp³-hybridized carbons (Fsp3) is 0.0800. The molecule has 0 atom stereocenters. The molecule has 0 aliphatic rings. The van der Waals surface area contributed by atoms with Gasteiger partial charge in [0.1, 0.15) is 18.2 Å². The summed E-state index contributed by atoms with van der Waals surface area (Å²) in [6, 6.07) is 19.3. The monoisotopic (exact) mass is 455 g/mol. The van der Waals surface area contributed by atoms with Gasteiger partial charge in [0.25, 0.3) is 11.8 Å². The van der Waals surface area contributed by atoms with Gasteiger partial charge in [-0.15, -0.1) is 0 Å². The molecular weight excluding hydrogens is 434 g/mol. The number of carbonyl (C=O) groups excluding carboxylic acids is 2. The van der Waals surface area contributed by atoms with Crippen molar-refractivity contribution in [3.05, 3.63) is 108 Å². The zero-order chi connectivity index (χ0) is 23.8. The second-order valence-electron chi connectivity index (χ2n) is 7.18. The second-order valence-corrected chi connectivity index (χ2v) is 7.18. The first-order valence-electron chi connectivity index (χ1n) is 10.4. The van der Waals surface area contributed by atoms with E-state index in [1.54, 1.807) is 24.3 Å². The Labute approximate surface area is 195 Å². The summed E-state index contributed by atoms with van der Waals surface area (Å²) < 4.78 is 5.80. The number of benzene rings is 1. The van der Waals surface area contributed by atoms with Gasteiger partial charge in [-0.3, -0.25) is 9.59 Å². The average Bonchev–Trinajstić information content (AvgIpc) is 2.88. The van der Waals surface area contributed by atoms with Crippen LogP contribution < -0.4 is 15.4 Å². The summed E-state index contributed by atoms with van der Waals surface area (Å²) in [7, 11) is 0. The molecule has 3 heterocycles. The minimum atomic E-state index is -0.579. The van der Waals surface area contributed by atoms with Crippen LogP contribution in [0.3, 0.4) is 0 Å². The Bertz CT molecular complexity index is 1280. The van der Waals surface area contributed by atoms with Gasteiger partial charge in [0.05, 0.1) is 0 Å². The molecule has 9 heteroatoms. The van der Waals surface area contributed by atoms with Gasteiger partial charge in [0.15, 0.2) is 17.1 Å². The summed E-state index contributed by atoms with van der Waals surface area (Å²) in [5, 5.41) is 15.1. The maximum atomic E-state index is 12.7. The third kappa shape index (κ3) is 5.71. The number of anilines is 1. The van der Waals surface area contributed by atoms with Crippen LogP contribution in [0.2, 0.25) is 0 Å². The highest BCUT2D eigenvalue weighted by Crippen LogP contribution is 2.18. The number of nitrogens with zero attached hydrogens (tertiary/aromatic N) is 3. The lowest BCUT2D eigenvalue weighted by Crippen LogP contribution is -2.24. The van der Waals surface area contributed by atoms with Crippen LogP contribution >= 0.6 is 0 Å². The number of hydrogen-bond donors (Lipinski definition) is 3. The molecule has 0 radical (unpaired) electrons. The molecule has 0 bridgehead atoms. The molecule has 4 aromatic rings. The lowest BCUT2D eigenvalue weighted by Gasteiger charge is -2.11. The van der Waals surface area contributed by atoms with Crippen LogP contribution in [0, 0.1) is 0 Å². The smallest absolute Gasteiger partial charge is 0.279 e. The average molecular weight is 455 g/mol. The van der Waals surface area contributed by atoms with Crippen LogP contribution in [0.4, 0.5) is 5.82 Å². The minimum Gasteiger partial charge on any atom is -0.505 e. The molecule has 0 fully saturated rings. The minimum absolute atomic E-state index is 0.0960. The number of pyridine rings is 3. The van der Waals surface area contributed by atoms with E-state index in [2.05, 4.69) is 25.6 Å². The molecule has 0 saturated heterocycles. The fourth-order valence-corrected chi connectivity index (χ4v) is 3.03. The number of nitrogens with one attached hydrogen (secondary N) is 2. The molecule has 34 heavy (non-hydrogen) atoms. The quantitative estimate of drug-likeness (QED) is 0.372. The van der Waals surface area contributed by atoms with Crippen molar-refractivity contribution >= 4 is 17.6 Å². The van der Waals surface area contributed by atoms with Crippen molar-refractivity contribution in [1.29, 1.82) is 0 Å². The standard InChI is InChI=1S/C25H21N5O4/c31-19-8-4-12-26-22(19)25(33)30-21-11-10-18(14-28-21)15-29-24(32)23-20(9-5-13-27-23)34-16-17-6-2-1-3-7-17/h1-14,31H,15-16H2,(H,29,32)(H,28,30,33). The maximum Gasteiger partial charge on any atom is 0.279 e. The first-order valence-corrected chi connectivity index (χ1v) is 10.4. The lowest BCUT2D eigenvalue weighted by atomic mass is 10.2. The number of carbonyl (C=O) groups is 2. The second kappa shape index (κ2) is 10.7. The Morgan fingerprint density at radius 1 is 0.794 bits per heavy atom. The van der Waals surface area contributed by atoms with Crippen LogP contribution in [0.1, 0.15) is 32.1 Å². The summed E-state index contributed by atoms with van der Waals surface area (Å²) >= 11 is 0. The van der Waals surface area contributed by atoms with Crippen LogP contribution in [-0.2, 0) is 13.2 Å². The van der Waals surface area contributed by atoms with Gasteiger partial charge in [-0.2, -0.15) is 0 Å². The number of amides is 2. The van der Waals surface area contributed by atoms with E-state index >= 15 is 0 Å². The number of rotatable bonds is 8. The predicted molar refractivity (Wildman–Crippen MR) is 124 cm³/mol. The zero-order valence-electron chi connectivity index (χ0n) is 18.0. The lowest BCUT2D eigenvalue weighted by molar-refractivity contribution is 0.0940. The van der Waals surface area contributed by atoms with Crippen LogP contribution in [-0.4, -0.2) is 31.9 Å². The van der Waals surface area contributed by atoms with Crippen LogP contribution in [0.25, 0.3) is 0 Å². The highest BCUT2D eigenvalue weighted by Gasteiger charge is 2.15. The molecule has 3 aromatic heterocycles. The Hall–Kier alpha value is -4.79. The molecule has 0 spiro atoms. The molecule has 0 aliphatic carbocycles. The van der Waals surface area contributed by atoms with Crippen molar-refractivity contribution < 1.29 is 19.4 Å². The number of aromatic hydroxyl groups is 1. The van der Waals surface area contributed by atoms with Crippen molar-refractivity contribution in [2.75, 3.05) is 5.32 Å². The largest absolute Gasteiger partial charge is 0.505 e. The van der Waals surface area contributed by atoms with Gasteiger partial charge in [-0.25, -0.2) is 15.0 Å². The van der Waals surface area contributed by atoms with E-state index in [0.29, 0.717) is 12.4 Å². The predicted octanol–water partition coefficient (Wildman–Crippen LogP) is 3.34. The van der Waals surface area contributed by atoms with E-state index in [1.165, 1.54) is 30.7 Å². The highest BCUT2D eigenvalue weighted by atomic mass is 16.5. The van der Waals surface area contributed by atoms with Crippen molar-refractivity contribution in [1.82, 2.24) is 20.3 Å². The first-order chi connectivity index (χ1) is 16.6. The maximum absolute atomic E-state index is 12.7. The molecule has 3 N–H and O–H groups in total. The summed E-state index contributed by atoms with van der Waals surface area (Å²) in [4.78, 5) is 37.1. The van der Waals surface area contributed by atoms with Crippen molar-refractivity contribution in [3.8, 4) is 11.5 Å². The van der Waals surface area contributed by atoms with Gasteiger partial charge in [-0.1, -0.05) is 36.4 Å². The van der Waals surface area contributed by atoms with Gasteiger partial charge in [-0.05, 0) is 41.5 Å². The van der Waals surface area contributed by atoms with Crippen molar-refractivity contribution in [2.45, 2.75) is 13.2 Å². The molecule has 0 saturated carbocycles. The first kappa shape index (κ1) is 22.4. The number of aromatic nitrogens is 3. The van der Waals surface area contributed by atoms with Crippen molar-refractivity contribution in [3.63, 3.8) is 0 Å². The number of hydrogen-bond acceptors (Lipinski definition) is 7. The van der Waals surface area contributed by atoms with E-state index in [1.807, 2.05) is 30.3 Å². The molecule has 0 unspecified atom stereocenters. The van der Waals surface area contributed by atoms with Crippen LogP contribution in [0.15, 0.2) is 85.3 Å². The van der Waals surface area contributed by atoms with Gasteiger partial charge < -0.3 is 20.5 Å². The van der Waals surface area contributed by atoms with E-state index in [4.69, 9.17) is 4.74 Å². The summed E-state index contributed by atoms with van der Waals surface area (Å²) in [5.41, 5.74) is 1.79. The summed E-state index contributed by atoms with van der Waals surface area (Å²) in [6.45, 7) is 0.524. The van der Waals surface area contributed by atoms with E-state index in [0.717, 1.165) is 11.1 Å². The molecule has 0 aliphatic heterocycles. The summed E-state index contributed by atoms with van der Waals surface area (Å²) in [6.07, 6.45) is 4.47. The Morgan fingerprint density at radius 3 is 2.29 bits per heavy atom. The molecular formula is C25H21N5O4. The van der Waals surface area contributed by atoms with Gasteiger partial charge >= 0.3 is 0 Å². The van der Waals surface area contributed by atoms with E-state index in [-0.39, 0.29) is 35.4 Å². The SMILES string of the molecule is O=C(Nc1ccc(CNC(=O)c2ncccc2OCc2ccccc2)cn1)c1ncccc1O. The number of ether oxygens (including phenoxy) is 1. The third-order valence-corrected chi connectivity index (χ3v) is 4.74. The van der Waals surface area contributed by atoms with Crippen molar-refractivity contribution in [2.24, 2.45) is 0 Å². The Balaban J connectivity index is 1.34. The van der Waals surface area contributed by atoms with Gasteiger partial charge in [0, 0.05) is 25.1 Å². The molecule has 2 amide bonds. The molecule has 4 rings (SSSR count). The molecule has 170 valence electrons. The highest BCUT2D eigenvalue weighted by molar-refractivity contribution is 6.04. The third-order valence-electron chi connectivity index (χ3n) is 4.74. The fourth-order valence-electron chi connectivity index (χ4n) is 3.03. The Kier molecular flexibility index (Phi) is 7.04. The zero-order valence-corrected chi connectivity index (χ0v) is 18.0. The topological polar surface area (TPSA) is 126 Å². The van der Waals surface area contributed by atoms with E-state index < -0.39 is 5.91 Å². The molecule has 1 aromatic carbocycles. The van der Waals surface area contributed by atoms with Gasteiger partial charge in [0.2, 0.25) is 0 Å². The van der Waals surface area contributed by atoms with E-state index in [9.17, 15) is 14.7 Å². The molecule has 9 nitrogen and oxygen atoms in total. The summed E-state index contributed by atoms with van der Waals surface area (Å²) in [5.74, 6) is -0.512. The van der Waals surface area contributed by atoms with Crippen LogP contribution in [0.5, 0.6) is 11.5 Å². The normalized spacial score (nSPS) is 10.4. The Morgan fingerprint density at radius 2 is 1.56 bits per heavy atom.